The van der Waals surface area contributed by atoms with Gasteiger partial charge in [0.15, 0.2) is 11.0 Å². The molecule has 0 atom stereocenters. The zero-order chi connectivity index (χ0) is 24.2. The van der Waals surface area contributed by atoms with E-state index < -0.39 is 15.8 Å². The molecule has 0 bridgehead atoms. The van der Waals surface area contributed by atoms with Crippen LogP contribution in [0.3, 0.4) is 0 Å². The third-order valence-electron chi connectivity index (χ3n) is 4.70. The third-order valence-corrected chi connectivity index (χ3v) is 7.21. The van der Waals surface area contributed by atoms with Gasteiger partial charge in [-0.1, -0.05) is 29.4 Å². The number of carbonyl (C=O) groups is 1. The van der Waals surface area contributed by atoms with Gasteiger partial charge in [0.25, 0.3) is 0 Å². The zero-order valence-corrected chi connectivity index (χ0v) is 20.6. The number of halogens is 2. The number of rotatable bonds is 9. The largest absolute Gasteiger partial charge is 0.325 e. The first-order chi connectivity index (χ1) is 15.6. The Morgan fingerprint density at radius 3 is 2.52 bits per heavy atom. The summed E-state index contributed by atoms with van der Waals surface area (Å²) in [5.41, 5.74) is 1.82. The van der Waals surface area contributed by atoms with E-state index in [0.717, 1.165) is 16.1 Å². The number of hydrogen-bond acceptors (Lipinski definition) is 6. The number of nitrogens with one attached hydrogen (secondary N) is 1. The van der Waals surface area contributed by atoms with Gasteiger partial charge < -0.3 is 9.88 Å². The Hall–Kier alpha value is -2.63. The van der Waals surface area contributed by atoms with Crippen molar-refractivity contribution in [3.8, 4) is 0 Å². The van der Waals surface area contributed by atoms with Crippen LogP contribution in [-0.4, -0.2) is 41.1 Å². The fraction of sp³-hybridized carbons (Fsp3) is 0.286. The first-order valence-electron chi connectivity index (χ1n) is 9.92. The molecule has 1 amide bonds. The predicted octanol–water partition coefficient (Wildman–Crippen LogP) is 4.10. The normalized spacial score (nSPS) is 11.4. The molecule has 3 rings (SSSR count). The summed E-state index contributed by atoms with van der Waals surface area (Å²) in [5, 5.41) is 12.1. The highest BCUT2D eigenvalue weighted by atomic mass is 35.5. The lowest BCUT2D eigenvalue weighted by atomic mass is 10.2. The molecule has 0 saturated carbocycles. The van der Waals surface area contributed by atoms with Crippen molar-refractivity contribution in [2.24, 2.45) is 0 Å². The second-order valence-corrected chi connectivity index (χ2v) is 10.4. The molecule has 12 heteroatoms. The van der Waals surface area contributed by atoms with Crippen molar-refractivity contribution in [2.75, 3.05) is 21.6 Å². The van der Waals surface area contributed by atoms with Crippen molar-refractivity contribution in [1.82, 2.24) is 14.8 Å². The van der Waals surface area contributed by atoms with Gasteiger partial charge in [0.05, 0.1) is 24.2 Å². The van der Waals surface area contributed by atoms with Gasteiger partial charge in [0.2, 0.25) is 15.9 Å². The van der Waals surface area contributed by atoms with E-state index in [0.29, 0.717) is 33.9 Å². The van der Waals surface area contributed by atoms with Gasteiger partial charge in [0.1, 0.15) is 5.82 Å². The molecule has 0 aliphatic rings. The average Bonchev–Trinajstić information content (AvgIpc) is 3.15. The van der Waals surface area contributed by atoms with Crippen LogP contribution in [0.4, 0.5) is 15.8 Å². The Labute approximate surface area is 201 Å². The summed E-state index contributed by atoms with van der Waals surface area (Å²) in [4.78, 5) is 12.4. The van der Waals surface area contributed by atoms with E-state index in [9.17, 15) is 17.6 Å². The van der Waals surface area contributed by atoms with Gasteiger partial charge in [-0.3, -0.25) is 9.10 Å². The van der Waals surface area contributed by atoms with Crippen molar-refractivity contribution in [3.05, 3.63) is 64.7 Å². The van der Waals surface area contributed by atoms with Crippen molar-refractivity contribution in [3.63, 3.8) is 0 Å². The molecule has 0 unspecified atom stereocenters. The number of carbonyl (C=O) groups excluding carboxylic acids is 1. The lowest BCUT2D eigenvalue weighted by molar-refractivity contribution is -0.113. The number of amides is 1. The van der Waals surface area contributed by atoms with E-state index >= 15 is 0 Å². The Bertz CT molecular complexity index is 1250. The van der Waals surface area contributed by atoms with Crippen molar-refractivity contribution < 1.29 is 17.6 Å². The van der Waals surface area contributed by atoms with Crippen LogP contribution in [0.15, 0.2) is 47.6 Å². The average molecular weight is 512 g/mol. The second kappa shape index (κ2) is 10.5. The van der Waals surface area contributed by atoms with E-state index in [1.165, 1.54) is 36.0 Å². The zero-order valence-electron chi connectivity index (χ0n) is 18.2. The van der Waals surface area contributed by atoms with Gasteiger partial charge in [-0.2, -0.15) is 0 Å². The highest BCUT2D eigenvalue weighted by Gasteiger charge is 2.22. The lowest BCUT2D eigenvalue weighted by Crippen LogP contribution is -2.30. The summed E-state index contributed by atoms with van der Waals surface area (Å²) in [6.45, 7) is 4.13. The molecule has 2 aromatic carbocycles. The molecule has 3 aromatic rings. The highest BCUT2D eigenvalue weighted by Crippen LogP contribution is 2.24. The Kier molecular flexibility index (Phi) is 7.98. The smallest absolute Gasteiger partial charge is 0.234 e. The third kappa shape index (κ3) is 6.46. The number of aryl methyl sites for hydroxylation is 1. The minimum atomic E-state index is -3.66. The molecule has 176 valence electrons. The number of aromatic nitrogens is 3. The molecule has 1 N–H and O–H groups in total. The summed E-state index contributed by atoms with van der Waals surface area (Å²) < 4.78 is 40.9. The molecule has 0 fully saturated rings. The maximum Gasteiger partial charge on any atom is 0.234 e. The van der Waals surface area contributed by atoms with E-state index in [2.05, 4.69) is 15.5 Å². The molecule has 0 aliphatic carbocycles. The van der Waals surface area contributed by atoms with Crippen molar-refractivity contribution in [2.45, 2.75) is 32.1 Å². The summed E-state index contributed by atoms with van der Waals surface area (Å²) >= 11 is 7.28. The molecule has 0 saturated heterocycles. The molecule has 0 spiro atoms. The minimum Gasteiger partial charge on any atom is -0.325 e. The predicted molar refractivity (Wildman–Crippen MR) is 129 cm³/mol. The van der Waals surface area contributed by atoms with Gasteiger partial charge in [-0.15, -0.1) is 10.2 Å². The van der Waals surface area contributed by atoms with Crippen molar-refractivity contribution in [1.29, 1.82) is 0 Å². The van der Waals surface area contributed by atoms with Gasteiger partial charge in [-0.25, -0.2) is 12.8 Å². The molecular weight excluding hydrogens is 489 g/mol. The molecular formula is C21H23ClFN5O3S2. The number of thioether (sulfide) groups is 1. The number of nitrogens with zero attached hydrogens (tertiary/aromatic N) is 4. The number of hydrogen-bond donors (Lipinski definition) is 1. The van der Waals surface area contributed by atoms with Crippen LogP contribution in [0, 0.1) is 12.7 Å². The van der Waals surface area contributed by atoms with Crippen LogP contribution in [0.1, 0.15) is 18.3 Å². The fourth-order valence-corrected chi connectivity index (χ4v) is 4.85. The molecule has 1 heterocycles. The molecule has 1 aromatic heterocycles. The van der Waals surface area contributed by atoms with E-state index in [1.807, 2.05) is 19.9 Å². The fourth-order valence-electron chi connectivity index (χ4n) is 2.99. The lowest BCUT2D eigenvalue weighted by Gasteiger charge is -2.22. The van der Waals surface area contributed by atoms with E-state index in [1.54, 1.807) is 16.7 Å². The minimum absolute atomic E-state index is 0.0807. The van der Waals surface area contributed by atoms with E-state index in [4.69, 9.17) is 11.6 Å². The van der Waals surface area contributed by atoms with Crippen LogP contribution in [0.2, 0.25) is 5.02 Å². The van der Waals surface area contributed by atoms with E-state index in [-0.39, 0.29) is 18.2 Å². The summed E-state index contributed by atoms with van der Waals surface area (Å²) in [6.07, 6.45) is 1.07. The Morgan fingerprint density at radius 1 is 1.21 bits per heavy atom. The monoisotopic (exact) mass is 511 g/mol. The molecule has 0 radical (unpaired) electrons. The molecule has 33 heavy (non-hydrogen) atoms. The highest BCUT2D eigenvalue weighted by molar-refractivity contribution is 7.99. The van der Waals surface area contributed by atoms with Gasteiger partial charge in [0, 0.05) is 17.3 Å². The van der Waals surface area contributed by atoms with Crippen molar-refractivity contribution >= 4 is 50.7 Å². The van der Waals surface area contributed by atoms with Crippen LogP contribution in [0.25, 0.3) is 0 Å². The van der Waals surface area contributed by atoms with Crippen LogP contribution in [0.5, 0.6) is 0 Å². The van der Waals surface area contributed by atoms with Crippen LogP contribution in [-0.2, 0) is 27.9 Å². The first-order valence-corrected chi connectivity index (χ1v) is 13.1. The molecule has 0 aliphatic heterocycles. The maximum atomic E-state index is 13.3. The Morgan fingerprint density at radius 2 is 1.91 bits per heavy atom. The van der Waals surface area contributed by atoms with Gasteiger partial charge in [-0.05, 0) is 55.8 Å². The van der Waals surface area contributed by atoms with Crippen LogP contribution < -0.4 is 9.62 Å². The number of sulfonamides is 1. The SMILES string of the molecule is CCn1c(CN(c2ccc(F)cc2)S(C)(=O)=O)nnc1SCC(=O)Nc1ccc(C)c(Cl)c1. The quantitative estimate of drug-likeness (QED) is 0.434. The topological polar surface area (TPSA) is 97.2 Å². The summed E-state index contributed by atoms with van der Waals surface area (Å²) in [5.74, 6) is -0.220. The standard InChI is InChI=1S/C21H23ClFN5O3S2/c1-4-27-19(12-28(33(3,30)31)17-9-6-15(23)7-10-17)25-26-21(27)32-13-20(29)24-16-8-5-14(2)18(22)11-16/h5-11H,4,12-13H2,1-3H3,(H,24,29). The van der Waals surface area contributed by atoms with Gasteiger partial charge >= 0.3 is 0 Å². The number of anilines is 2. The summed E-state index contributed by atoms with van der Waals surface area (Å²) in [7, 11) is -3.66. The first kappa shape index (κ1) is 25.0. The Balaban J connectivity index is 1.72. The number of benzene rings is 2. The maximum absolute atomic E-state index is 13.3. The summed E-state index contributed by atoms with van der Waals surface area (Å²) in [6, 6.07) is 10.4. The second-order valence-electron chi connectivity index (χ2n) is 7.19. The molecule has 8 nitrogen and oxygen atoms in total. The van der Waals surface area contributed by atoms with Crippen LogP contribution >= 0.6 is 23.4 Å².